The van der Waals surface area contributed by atoms with Crippen LogP contribution in [0.2, 0.25) is 5.02 Å². The van der Waals surface area contributed by atoms with E-state index >= 15 is 0 Å². The van der Waals surface area contributed by atoms with E-state index in [1.165, 1.54) is 0 Å². The van der Waals surface area contributed by atoms with Crippen molar-refractivity contribution in [3.63, 3.8) is 0 Å². The van der Waals surface area contributed by atoms with Gasteiger partial charge in [-0.15, -0.1) is 0 Å². The van der Waals surface area contributed by atoms with Gasteiger partial charge in [-0.3, -0.25) is 4.79 Å². The number of ether oxygens (including phenoxy) is 2. The highest BCUT2D eigenvalue weighted by Crippen LogP contribution is 2.38. The lowest BCUT2D eigenvalue weighted by atomic mass is 10.1. The maximum Gasteiger partial charge on any atom is 0.228 e. The van der Waals surface area contributed by atoms with Gasteiger partial charge in [0.25, 0.3) is 0 Å². The summed E-state index contributed by atoms with van der Waals surface area (Å²) in [6.07, 6.45) is 0.135. The third kappa shape index (κ3) is 3.73. The fourth-order valence-corrected chi connectivity index (χ4v) is 3.13. The zero-order valence-electron chi connectivity index (χ0n) is 14.5. The molecule has 0 saturated heterocycles. The summed E-state index contributed by atoms with van der Waals surface area (Å²) < 4.78 is 16.1. The zero-order chi connectivity index (χ0) is 18.8. The number of rotatable bonds is 4. The van der Waals surface area contributed by atoms with Gasteiger partial charge in [0.15, 0.2) is 11.5 Å². The molecule has 4 rings (SSSR count). The van der Waals surface area contributed by atoms with E-state index in [0.29, 0.717) is 52.7 Å². The molecule has 1 aliphatic rings. The second kappa shape index (κ2) is 7.28. The predicted molar refractivity (Wildman–Crippen MR) is 99.2 cm³/mol. The summed E-state index contributed by atoms with van der Waals surface area (Å²) in [6.45, 7) is 2.62. The Kier molecular flexibility index (Phi) is 4.68. The van der Waals surface area contributed by atoms with Gasteiger partial charge >= 0.3 is 0 Å². The van der Waals surface area contributed by atoms with Crippen molar-refractivity contribution < 1.29 is 18.8 Å². The van der Waals surface area contributed by atoms with Crippen molar-refractivity contribution in [3.05, 3.63) is 52.9 Å². The van der Waals surface area contributed by atoms with Crippen LogP contribution in [0.4, 0.5) is 5.69 Å². The smallest absolute Gasteiger partial charge is 0.228 e. The van der Waals surface area contributed by atoms with Crippen LogP contribution < -0.4 is 14.8 Å². The van der Waals surface area contributed by atoms with Gasteiger partial charge in [0, 0.05) is 12.5 Å². The Bertz CT molecular complexity index is 1000. The number of carbonyl (C=O) groups excluding carboxylic acids is 1. The molecule has 0 unspecified atom stereocenters. The van der Waals surface area contributed by atoms with Gasteiger partial charge in [0.05, 0.1) is 17.1 Å². The molecular weight excluding hydrogens is 370 g/mol. The predicted octanol–water partition coefficient (Wildman–Crippen LogP) is 3.65. The molecule has 0 atom stereocenters. The number of hydrogen-bond donors (Lipinski definition) is 1. The Balaban J connectivity index is 1.53. The number of nitrogens with one attached hydrogen (secondary N) is 1. The van der Waals surface area contributed by atoms with E-state index in [4.69, 9.17) is 25.6 Å². The van der Waals surface area contributed by atoms with Gasteiger partial charge in [-0.1, -0.05) is 28.9 Å². The monoisotopic (exact) mass is 385 g/mol. The number of benzene rings is 2. The fourth-order valence-electron chi connectivity index (χ4n) is 2.84. The molecule has 1 amide bonds. The van der Waals surface area contributed by atoms with Crippen molar-refractivity contribution in [2.75, 3.05) is 18.5 Å². The Labute approximate surface area is 160 Å². The standard InChI is InChI=1S/C19H16ClN3O4/c1-11-21-19(23-27-11)13-4-2-3-5-15(13)22-17(24)10-12-8-14(20)18-16(9-12)25-6-7-26-18/h2-5,8-9H,6-7,10H2,1H3,(H,22,24). The van der Waals surface area contributed by atoms with Crippen LogP contribution >= 0.6 is 11.6 Å². The lowest BCUT2D eigenvalue weighted by Crippen LogP contribution is -2.17. The lowest BCUT2D eigenvalue weighted by molar-refractivity contribution is -0.115. The molecule has 0 saturated carbocycles. The van der Waals surface area contributed by atoms with Gasteiger partial charge in [-0.2, -0.15) is 4.98 Å². The quantitative estimate of drug-likeness (QED) is 0.737. The van der Waals surface area contributed by atoms with E-state index in [1.54, 1.807) is 25.1 Å². The molecule has 1 N–H and O–H groups in total. The van der Waals surface area contributed by atoms with Gasteiger partial charge < -0.3 is 19.3 Å². The molecule has 1 aliphatic heterocycles. The number of para-hydroxylation sites is 1. The molecule has 0 spiro atoms. The Hall–Kier alpha value is -3.06. The maximum absolute atomic E-state index is 12.6. The molecule has 8 heteroatoms. The molecule has 2 aromatic carbocycles. The van der Waals surface area contributed by atoms with E-state index in [1.807, 2.05) is 18.2 Å². The van der Waals surface area contributed by atoms with Crippen LogP contribution in [-0.2, 0) is 11.2 Å². The molecule has 7 nitrogen and oxygen atoms in total. The summed E-state index contributed by atoms with van der Waals surface area (Å²) in [7, 11) is 0. The van der Waals surface area contributed by atoms with Crippen molar-refractivity contribution in [2.45, 2.75) is 13.3 Å². The number of amides is 1. The maximum atomic E-state index is 12.6. The summed E-state index contributed by atoms with van der Waals surface area (Å²) in [6, 6.07) is 10.8. The van der Waals surface area contributed by atoms with Crippen LogP contribution in [0.15, 0.2) is 40.9 Å². The van der Waals surface area contributed by atoms with E-state index in [0.717, 1.165) is 5.56 Å². The average molecular weight is 386 g/mol. The minimum Gasteiger partial charge on any atom is -0.486 e. The van der Waals surface area contributed by atoms with E-state index in [2.05, 4.69) is 15.5 Å². The molecule has 3 aromatic rings. The molecule has 27 heavy (non-hydrogen) atoms. The van der Waals surface area contributed by atoms with Crippen LogP contribution in [0.5, 0.6) is 11.5 Å². The van der Waals surface area contributed by atoms with E-state index in [9.17, 15) is 4.79 Å². The highest BCUT2D eigenvalue weighted by Gasteiger charge is 2.18. The number of anilines is 1. The second-order valence-electron chi connectivity index (χ2n) is 6.01. The molecule has 1 aromatic heterocycles. The van der Waals surface area contributed by atoms with Crippen LogP contribution in [0.3, 0.4) is 0 Å². The van der Waals surface area contributed by atoms with Crippen LogP contribution in [0.1, 0.15) is 11.5 Å². The van der Waals surface area contributed by atoms with Crippen molar-refractivity contribution in [1.82, 2.24) is 10.1 Å². The van der Waals surface area contributed by atoms with Gasteiger partial charge in [-0.25, -0.2) is 0 Å². The molecule has 0 radical (unpaired) electrons. The number of halogens is 1. The first-order valence-corrected chi connectivity index (χ1v) is 8.75. The highest BCUT2D eigenvalue weighted by molar-refractivity contribution is 6.32. The number of aryl methyl sites for hydroxylation is 1. The average Bonchev–Trinajstić information content (AvgIpc) is 3.08. The highest BCUT2D eigenvalue weighted by atomic mass is 35.5. The number of nitrogens with zero attached hydrogens (tertiary/aromatic N) is 2. The Morgan fingerprint density at radius 2 is 2.04 bits per heavy atom. The summed E-state index contributed by atoms with van der Waals surface area (Å²) in [4.78, 5) is 16.8. The van der Waals surface area contributed by atoms with Crippen LogP contribution in [0.25, 0.3) is 11.4 Å². The molecular formula is C19H16ClN3O4. The number of fused-ring (bicyclic) bond motifs is 1. The molecule has 0 aliphatic carbocycles. The van der Waals surface area contributed by atoms with Gasteiger partial charge in [-0.05, 0) is 29.8 Å². The summed E-state index contributed by atoms with van der Waals surface area (Å²) in [5.41, 5.74) is 2.02. The summed E-state index contributed by atoms with van der Waals surface area (Å²) >= 11 is 6.23. The third-order valence-electron chi connectivity index (χ3n) is 3.99. The normalized spacial score (nSPS) is 12.7. The largest absolute Gasteiger partial charge is 0.486 e. The minimum atomic E-state index is -0.199. The van der Waals surface area contributed by atoms with Crippen LogP contribution in [0, 0.1) is 6.92 Å². The van der Waals surface area contributed by atoms with Gasteiger partial charge in [0.2, 0.25) is 17.6 Å². The van der Waals surface area contributed by atoms with E-state index in [-0.39, 0.29) is 12.3 Å². The van der Waals surface area contributed by atoms with E-state index < -0.39 is 0 Å². The zero-order valence-corrected chi connectivity index (χ0v) is 15.2. The SMILES string of the molecule is Cc1nc(-c2ccccc2NC(=O)Cc2cc(Cl)c3c(c2)OCCO3)no1. The molecule has 2 heterocycles. The Morgan fingerprint density at radius 3 is 2.85 bits per heavy atom. The number of hydrogen-bond acceptors (Lipinski definition) is 6. The second-order valence-corrected chi connectivity index (χ2v) is 6.42. The molecule has 138 valence electrons. The first kappa shape index (κ1) is 17.4. The topological polar surface area (TPSA) is 86.5 Å². The van der Waals surface area contributed by atoms with Crippen molar-refractivity contribution in [3.8, 4) is 22.9 Å². The fraction of sp³-hybridized carbons (Fsp3) is 0.211. The summed E-state index contributed by atoms with van der Waals surface area (Å²) in [5, 5.41) is 7.23. The first-order valence-electron chi connectivity index (χ1n) is 8.38. The Morgan fingerprint density at radius 1 is 1.22 bits per heavy atom. The minimum absolute atomic E-state index is 0.135. The number of aromatic nitrogens is 2. The van der Waals surface area contributed by atoms with Crippen molar-refractivity contribution in [2.24, 2.45) is 0 Å². The first-order chi connectivity index (χ1) is 13.1. The third-order valence-corrected chi connectivity index (χ3v) is 4.27. The van der Waals surface area contributed by atoms with Crippen LogP contribution in [-0.4, -0.2) is 29.3 Å². The number of carbonyl (C=O) groups is 1. The molecule has 0 bridgehead atoms. The molecule has 0 fully saturated rings. The van der Waals surface area contributed by atoms with Gasteiger partial charge in [0.1, 0.15) is 13.2 Å². The van der Waals surface area contributed by atoms with Crippen molar-refractivity contribution >= 4 is 23.2 Å². The summed E-state index contributed by atoms with van der Waals surface area (Å²) in [5.74, 6) is 1.75. The lowest BCUT2D eigenvalue weighted by Gasteiger charge is -2.20. The van der Waals surface area contributed by atoms with Crippen molar-refractivity contribution in [1.29, 1.82) is 0 Å².